The van der Waals surface area contributed by atoms with Crippen LogP contribution in [0.2, 0.25) is 0 Å². The third-order valence-corrected chi connectivity index (χ3v) is 6.67. The molecule has 0 aliphatic heterocycles. The molecule has 0 saturated carbocycles. The molecule has 0 atom stereocenters. The molecule has 142 valence electrons. The predicted octanol–water partition coefficient (Wildman–Crippen LogP) is 3.63. The molecule has 3 aromatic rings. The lowest BCUT2D eigenvalue weighted by atomic mass is 10.1. The van der Waals surface area contributed by atoms with Crippen LogP contribution >= 0.6 is 0 Å². The SMILES string of the molecule is COC(=O)CN(c1ccccc1)S(=O)(=O)c1ccc2c(c1)Cc1ccccc1-2. The minimum absolute atomic E-state index is 0.159. The smallest absolute Gasteiger partial charge is 0.326 e. The third-order valence-electron chi connectivity index (χ3n) is 4.90. The number of benzene rings is 3. The van der Waals surface area contributed by atoms with E-state index in [0.717, 1.165) is 21.0 Å². The van der Waals surface area contributed by atoms with Gasteiger partial charge in [0.25, 0.3) is 10.0 Å². The highest BCUT2D eigenvalue weighted by molar-refractivity contribution is 7.92. The Morgan fingerprint density at radius 1 is 0.929 bits per heavy atom. The molecule has 0 N–H and O–H groups in total. The van der Waals surface area contributed by atoms with Crippen molar-refractivity contribution in [2.75, 3.05) is 18.0 Å². The lowest BCUT2D eigenvalue weighted by Crippen LogP contribution is -2.36. The topological polar surface area (TPSA) is 63.7 Å². The molecule has 0 bridgehead atoms. The van der Waals surface area contributed by atoms with E-state index in [1.807, 2.05) is 24.3 Å². The highest BCUT2D eigenvalue weighted by Crippen LogP contribution is 2.38. The molecular weight excluding hydrogens is 374 g/mol. The lowest BCUT2D eigenvalue weighted by molar-refractivity contribution is -0.138. The number of hydrogen-bond acceptors (Lipinski definition) is 4. The summed E-state index contributed by atoms with van der Waals surface area (Å²) in [5.41, 5.74) is 4.75. The Labute approximate surface area is 164 Å². The van der Waals surface area contributed by atoms with E-state index in [9.17, 15) is 13.2 Å². The monoisotopic (exact) mass is 393 g/mol. The van der Waals surface area contributed by atoms with E-state index >= 15 is 0 Å². The van der Waals surface area contributed by atoms with Crippen molar-refractivity contribution in [3.05, 3.63) is 83.9 Å². The zero-order chi connectivity index (χ0) is 19.7. The molecule has 0 saturated heterocycles. The normalized spacial score (nSPS) is 12.2. The van der Waals surface area contributed by atoms with Crippen molar-refractivity contribution in [2.24, 2.45) is 0 Å². The van der Waals surface area contributed by atoms with Crippen molar-refractivity contribution in [3.8, 4) is 11.1 Å². The van der Waals surface area contributed by atoms with Gasteiger partial charge in [-0.2, -0.15) is 0 Å². The number of hydrogen-bond donors (Lipinski definition) is 0. The Hall–Kier alpha value is -3.12. The number of carbonyl (C=O) groups is 1. The quantitative estimate of drug-likeness (QED) is 0.486. The van der Waals surface area contributed by atoms with Crippen LogP contribution in [0.5, 0.6) is 0 Å². The van der Waals surface area contributed by atoms with Crippen molar-refractivity contribution >= 4 is 21.7 Å². The second kappa shape index (κ2) is 7.13. The molecule has 4 rings (SSSR count). The molecule has 28 heavy (non-hydrogen) atoms. The first-order chi connectivity index (χ1) is 13.5. The summed E-state index contributed by atoms with van der Waals surface area (Å²) in [4.78, 5) is 12.0. The first-order valence-corrected chi connectivity index (χ1v) is 10.3. The van der Waals surface area contributed by atoms with Crippen molar-refractivity contribution < 1.29 is 17.9 Å². The number of anilines is 1. The van der Waals surface area contributed by atoms with Crippen molar-refractivity contribution in [1.29, 1.82) is 0 Å². The maximum absolute atomic E-state index is 13.4. The fourth-order valence-corrected chi connectivity index (χ4v) is 4.96. The number of carbonyl (C=O) groups excluding carboxylic acids is 1. The van der Waals surface area contributed by atoms with Crippen LogP contribution in [0.25, 0.3) is 11.1 Å². The first kappa shape index (κ1) is 18.3. The Kier molecular flexibility index (Phi) is 4.65. The minimum atomic E-state index is -3.94. The lowest BCUT2D eigenvalue weighted by Gasteiger charge is -2.23. The summed E-state index contributed by atoms with van der Waals surface area (Å²) in [6, 6.07) is 21.8. The van der Waals surface area contributed by atoms with E-state index in [1.165, 1.54) is 12.7 Å². The number of para-hydroxylation sites is 1. The zero-order valence-corrected chi connectivity index (χ0v) is 16.1. The fourth-order valence-electron chi connectivity index (χ4n) is 3.50. The standard InChI is InChI=1S/C22H19NO4S/c1-27-22(24)15-23(18-8-3-2-4-9-18)28(25,26)19-11-12-21-17(14-19)13-16-7-5-6-10-20(16)21/h2-12,14H,13,15H2,1H3. The summed E-state index contributed by atoms with van der Waals surface area (Å²) in [6.07, 6.45) is 0.692. The van der Waals surface area contributed by atoms with Gasteiger partial charge in [0, 0.05) is 0 Å². The maximum atomic E-state index is 13.4. The summed E-state index contributed by atoms with van der Waals surface area (Å²) in [5.74, 6) is -0.624. The highest BCUT2D eigenvalue weighted by atomic mass is 32.2. The van der Waals surface area contributed by atoms with Gasteiger partial charge in [0.05, 0.1) is 17.7 Å². The van der Waals surface area contributed by atoms with Gasteiger partial charge in [-0.1, -0.05) is 48.5 Å². The maximum Gasteiger partial charge on any atom is 0.326 e. The van der Waals surface area contributed by atoms with Crippen LogP contribution < -0.4 is 4.31 Å². The molecule has 1 aliphatic rings. The van der Waals surface area contributed by atoms with Crippen LogP contribution in [0.3, 0.4) is 0 Å². The molecule has 0 fully saturated rings. The number of sulfonamides is 1. The summed E-state index contributed by atoms with van der Waals surface area (Å²) in [5, 5.41) is 0. The molecule has 3 aromatic carbocycles. The van der Waals surface area contributed by atoms with Crippen molar-refractivity contribution in [2.45, 2.75) is 11.3 Å². The van der Waals surface area contributed by atoms with Gasteiger partial charge in [-0.25, -0.2) is 8.42 Å². The molecule has 1 aliphatic carbocycles. The van der Waals surface area contributed by atoms with E-state index in [4.69, 9.17) is 4.74 Å². The van der Waals surface area contributed by atoms with Gasteiger partial charge in [-0.15, -0.1) is 0 Å². The molecule has 0 spiro atoms. The number of ether oxygens (including phenoxy) is 1. The van der Waals surface area contributed by atoms with E-state index in [2.05, 4.69) is 6.07 Å². The van der Waals surface area contributed by atoms with E-state index in [-0.39, 0.29) is 11.4 Å². The number of methoxy groups -OCH3 is 1. The molecule has 6 heteroatoms. The van der Waals surface area contributed by atoms with Gasteiger partial charge in [-0.3, -0.25) is 9.10 Å². The third kappa shape index (κ3) is 3.16. The average Bonchev–Trinajstić information content (AvgIpc) is 3.10. The van der Waals surface area contributed by atoms with Crippen molar-refractivity contribution in [3.63, 3.8) is 0 Å². The van der Waals surface area contributed by atoms with Crippen LogP contribution in [0.1, 0.15) is 11.1 Å². The second-order valence-electron chi connectivity index (χ2n) is 6.58. The van der Waals surface area contributed by atoms with Crippen LogP contribution in [0.15, 0.2) is 77.7 Å². The van der Waals surface area contributed by atoms with Gasteiger partial charge in [0.1, 0.15) is 6.54 Å². The molecule has 0 heterocycles. The molecule has 0 radical (unpaired) electrons. The zero-order valence-electron chi connectivity index (χ0n) is 15.3. The fraction of sp³-hybridized carbons (Fsp3) is 0.136. The Bertz CT molecular complexity index is 1140. The van der Waals surface area contributed by atoms with Crippen LogP contribution in [0.4, 0.5) is 5.69 Å². The van der Waals surface area contributed by atoms with E-state index in [0.29, 0.717) is 12.1 Å². The van der Waals surface area contributed by atoms with Gasteiger partial charge < -0.3 is 4.74 Å². The van der Waals surface area contributed by atoms with Crippen LogP contribution in [0, 0.1) is 0 Å². The Balaban J connectivity index is 1.76. The second-order valence-corrected chi connectivity index (χ2v) is 8.44. The molecule has 0 amide bonds. The first-order valence-electron chi connectivity index (χ1n) is 8.86. The number of fused-ring (bicyclic) bond motifs is 3. The van der Waals surface area contributed by atoms with Gasteiger partial charge in [-0.05, 0) is 52.9 Å². The summed E-state index contributed by atoms with van der Waals surface area (Å²) in [7, 11) is -2.69. The summed E-state index contributed by atoms with van der Waals surface area (Å²) < 4.78 is 32.5. The minimum Gasteiger partial charge on any atom is -0.468 e. The number of nitrogens with zero attached hydrogens (tertiary/aromatic N) is 1. The van der Waals surface area contributed by atoms with Gasteiger partial charge in [0.2, 0.25) is 0 Å². The van der Waals surface area contributed by atoms with Crippen LogP contribution in [-0.4, -0.2) is 28.0 Å². The van der Waals surface area contributed by atoms with Crippen molar-refractivity contribution in [1.82, 2.24) is 0 Å². The van der Waals surface area contributed by atoms with E-state index < -0.39 is 16.0 Å². The highest BCUT2D eigenvalue weighted by Gasteiger charge is 2.29. The molecule has 0 aromatic heterocycles. The van der Waals surface area contributed by atoms with Crippen LogP contribution in [-0.2, 0) is 26.0 Å². The summed E-state index contributed by atoms with van der Waals surface area (Å²) in [6.45, 7) is -0.389. The molecular formula is C22H19NO4S. The average molecular weight is 393 g/mol. The number of rotatable bonds is 5. The number of esters is 1. The van der Waals surface area contributed by atoms with E-state index in [1.54, 1.807) is 42.5 Å². The Morgan fingerprint density at radius 3 is 2.36 bits per heavy atom. The molecule has 0 unspecified atom stereocenters. The Morgan fingerprint density at radius 2 is 1.61 bits per heavy atom. The predicted molar refractivity (Wildman–Crippen MR) is 108 cm³/mol. The molecule has 5 nitrogen and oxygen atoms in total. The van der Waals surface area contributed by atoms with Gasteiger partial charge >= 0.3 is 5.97 Å². The summed E-state index contributed by atoms with van der Waals surface area (Å²) >= 11 is 0. The van der Waals surface area contributed by atoms with Gasteiger partial charge in [0.15, 0.2) is 0 Å². The largest absolute Gasteiger partial charge is 0.468 e.